The Morgan fingerprint density at radius 3 is 2.50 bits per heavy atom. The van der Waals surface area contributed by atoms with Gasteiger partial charge in [0, 0.05) is 24.3 Å². The van der Waals surface area contributed by atoms with Crippen LogP contribution in [0.5, 0.6) is 0 Å². The zero-order chi connectivity index (χ0) is 29.7. The Hall–Kier alpha value is -3.07. The third-order valence-electron chi connectivity index (χ3n) is 6.42. The number of nitrogens with one attached hydrogen (secondary N) is 2. The summed E-state index contributed by atoms with van der Waals surface area (Å²) in [5.41, 5.74) is 3.96. The lowest BCUT2D eigenvalue weighted by atomic mass is 10.0. The number of nitrogens with zero attached hydrogens (tertiary/aromatic N) is 2. The summed E-state index contributed by atoms with van der Waals surface area (Å²) >= 11 is 2.91. The molecule has 3 atom stereocenters. The third kappa shape index (κ3) is 8.22. The molecule has 1 aromatic heterocycles. The van der Waals surface area contributed by atoms with Crippen LogP contribution in [0.1, 0.15) is 52.3 Å². The minimum Gasteiger partial charge on any atom is -0.444 e. The van der Waals surface area contributed by atoms with Crippen molar-refractivity contribution in [3.8, 4) is 22.8 Å². The SMILES string of the molecule is C#CCSC(C)(C)[C@H](NC(=O)OC(C)(C)C)C(=O)N1C[C@H](O)C[C@H]1C(=O)NCc1ccc(-c2scnc2C)cc1. The van der Waals surface area contributed by atoms with E-state index in [0.717, 1.165) is 21.7 Å². The summed E-state index contributed by atoms with van der Waals surface area (Å²) in [4.78, 5) is 46.5. The van der Waals surface area contributed by atoms with Crippen molar-refractivity contribution < 1.29 is 24.2 Å². The van der Waals surface area contributed by atoms with Gasteiger partial charge in [0.25, 0.3) is 0 Å². The Kier molecular flexibility index (Phi) is 10.3. The van der Waals surface area contributed by atoms with Crippen molar-refractivity contribution in [3.63, 3.8) is 0 Å². The first-order chi connectivity index (χ1) is 18.7. The van der Waals surface area contributed by atoms with E-state index in [-0.39, 0.29) is 25.4 Å². The number of hydrogen-bond donors (Lipinski definition) is 3. The van der Waals surface area contributed by atoms with Crippen molar-refractivity contribution in [2.75, 3.05) is 12.3 Å². The van der Waals surface area contributed by atoms with Crippen LogP contribution in [0.15, 0.2) is 29.8 Å². The largest absolute Gasteiger partial charge is 0.444 e. The van der Waals surface area contributed by atoms with Crippen LogP contribution in [-0.2, 0) is 20.9 Å². The van der Waals surface area contributed by atoms with Gasteiger partial charge in [0.2, 0.25) is 11.8 Å². The monoisotopic (exact) mass is 586 g/mol. The van der Waals surface area contributed by atoms with Crippen LogP contribution in [0, 0.1) is 19.3 Å². The van der Waals surface area contributed by atoms with Gasteiger partial charge in [-0.1, -0.05) is 30.2 Å². The number of likely N-dealkylation sites (tertiary alicyclic amines) is 1. The third-order valence-corrected chi connectivity index (χ3v) is 8.69. The lowest BCUT2D eigenvalue weighted by molar-refractivity contribution is -0.140. The predicted octanol–water partition coefficient (Wildman–Crippen LogP) is 3.73. The fraction of sp³-hybridized carbons (Fsp3) is 0.517. The minimum absolute atomic E-state index is 0.0256. The number of thiazole rings is 1. The number of terminal acetylenes is 1. The van der Waals surface area contributed by atoms with Gasteiger partial charge in [-0.3, -0.25) is 9.59 Å². The summed E-state index contributed by atoms with van der Waals surface area (Å²) in [6.07, 6.45) is 3.93. The maximum Gasteiger partial charge on any atom is 0.408 e. The second-order valence-electron chi connectivity index (χ2n) is 11.3. The van der Waals surface area contributed by atoms with Gasteiger partial charge in [0.15, 0.2) is 0 Å². The molecule has 3 amide bonds. The van der Waals surface area contributed by atoms with Gasteiger partial charge in [0.1, 0.15) is 17.7 Å². The molecule has 0 unspecified atom stereocenters. The van der Waals surface area contributed by atoms with Gasteiger partial charge in [-0.25, -0.2) is 9.78 Å². The Balaban J connectivity index is 1.73. The molecule has 1 fully saturated rings. The zero-order valence-electron chi connectivity index (χ0n) is 23.8. The van der Waals surface area contributed by atoms with Gasteiger partial charge >= 0.3 is 6.09 Å². The Labute approximate surface area is 244 Å². The number of hydrogen-bond acceptors (Lipinski definition) is 8. The lowest BCUT2D eigenvalue weighted by Crippen LogP contribution is -2.60. The summed E-state index contributed by atoms with van der Waals surface area (Å²) in [7, 11) is 0. The average Bonchev–Trinajstić information content (AvgIpc) is 3.48. The van der Waals surface area contributed by atoms with Gasteiger partial charge in [0.05, 0.1) is 27.9 Å². The van der Waals surface area contributed by atoms with E-state index in [1.54, 1.807) is 46.0 Å². The number of thioether (sulfide) groups is 1. The first kappa shape index (κ1) is 31.5. The number of alkyl carbamates (subject to hydrolysis) is 1. The standard InChI is InChI=1S/C29H38N4O5S2/c1-8-13-40-29(6,7)24(32-27(37)38-28(3,4)5)26(36)33-16-21(34)14-22(33)25(35)30-15-19-9-11-20(12-10-19)23-18(2)31-17-39-23/h1,9-12,17,21-22,24,34H,13-16H2,2-7H3,(H,30,35)(H,32,37)/t21-,22+,24-/m1/s1. The van der Waals surface area contributed by atoms with Crippen molar-refractivity contribution in [1.82, 2.24) is 20.5 Å². The molecule has 1 saturated heterocycles. The molecule has 2 aromatic rings. The molecule has 0 aliphatic carbocycles. The van der Waals surface area contributed by atoms with Crippen LogP contribution in [0.2, 0.25) is 0 Å². The molecule has 0 spiro atoms. The summed E-state index contributed by atoms with van der Waals surface area (Å²) in [5, 5.41) is 16.0. The fourth-order valence-corrected chi connectivity index (χ4v) is 5.99. The highest BCUT2D eigenvalue weighted by molar-refractivity contribution is 8.00. The number of benzene rings is 1. The van der Waals surface area contributed by atoms with Crippen LogP contribution < -0.4 is 10.6 Å². The summed E-state index contributed by atoms with van der Waals surface area (Å²) in [5.74, 6) is 2.00. The van der Waals surface area contributed by atoms with Crippen molar-refractivity contribution in [3.05, 3.63) is 41.0 Å². The van der Waals surface area contributed by atoms with E-state index in [2.05, 4.69) is 21.5 Å². The van der Waals surface area contributed by atoms with Crippen LogP contribution >= 0.6 is 23.1 Å². The number of amides is 3. The number of carbonyl (C=O) groups excluding carboxylic acids is 3. The fourth-order valence-electron chi connectivity index (χ4n) is 4.40. The minimum atomic E-state index is -1.05. The van der Waals surface area contributed by atoms with Crippen molar-refractivity contribution in [2.24, 2.45) is 0 Å². The van der Waals surface area contributed by atoms with Crippen LogP contribution in [0.3, 0.4) is 0 Å². The molecule has 1 aromatic carbocycles. The molecule has 0 radical (unpaired) electrons. The van der Waals surface area contributed by atoms with Crippen LogP contribution in [-0.4, -0.2) is 73.7 Å². The van der Waals surface area contributed by atoms with E-state index < -0.39 is 40.5 Å². The molecular weight excluding hydrogens is 548 g/mol. The van der Waals surface area contributed by atoms with Crippen molar-refractivity contribution in [1.29, 1.82) is 0 Å². The number of aryl methyl sites for hydroxylation is 1. The van der Waals surface area contributed by atoms with Crippen molar-refractivity contribution >= 4 is 41.0 Å². The van der Waals surface area contributed by atoms with Gasteiger partial charge in [-0.2, -0.15) is 0 Å². The summed E-state index contributed by atoms with van der Waals surface area (Å²) < 4.78 is 4.57. The Morgan fingerprint density at radius 2 is 1.93 bits per heavy atom. The number of aliphatic hydroxyl groups is 1. The van der Waals surface area contributed by atoms with Crippen LogP contribution in [0.4, 0.5) is 4.79 Å². The van der Waals surface area contributed by atoms with Gasteiger partial charge in [-0.15, -0.1) is 29.5 Å². The lowest BCUT2D eigenvalue weighted by Gasteiger charge is -2.37. The molecule has 1 aliphatic heterocycles. The van der Waals surface area contributed by atoms with Gasteiger partial charge in [-0.05, 0) is 52.7 Å². The quantitative estimate of drug-likeness (QED) is 0.383. The molecule has 11 heteroatoms. The highest BCUT2D eigenvalue weighted by Gasteiger charge is 2.46. The number of β-amino-alcohol motifs (C(OH)–C–C–N with tert-alkyl or cyclic N) is 1. The normalized spacial score (nSPS) is 18.1. The average molecular weight is 587 g/mol. The van der Waals surface area contributed by atoms with E-state index >= 15 is 0 Å². The maximum absolute atomic E-state index is 13.9. The van der Waals surface area contributed by atoms with Crippen molar-refractivity contribution in [2.45, 2.75) is 83.0 Å². The Morgan fingerprint density at radius 1 is 1.25 bits per heavy atom. The van der Waals surface area contributed by atoms with Gasteiger partial charge < -0.3 is 25.4 Å². The second kappa shape index (κ2) is 13.1. The molecule has 2 heterocycles. The van der Waals surface area contributed by atoms with E-state index in [1.165, 1.54) is 16.7 Å². The molecule has 0 bridgehead atoms. The smallest absolute Gasteiger partial charge is 0.408 e. The number of carbonyl (C=O) groups is 3. The summed E-state index contributed by atoms with van der Waals surface area (Å²) in [6, 6.07) is 5.91. The molecule has 216 valence electrons. The number of aromatic nitrogens is 1. The molecule has 3 rings (SSSR count). The highest BCUT2D eigenvalue weighted by atomic mass is 32.2. The van der Waals surface area contributed by atoms with E-state index in [1.807, 2.05) is 36.7 Å². The van der Waals surface area contributed by atoms with E-state index in [0.29, 0.717) is 5.75 Å². The number of aliphatic hydroxyl groups excluding tert-OH is 1. The number of rotatable bonds is 9. The first-order valence-electron chi connectivity index (χ1n) is 13.0. The molecule has 1 aliphatic rings. The molecule has 9 nitrogen and oxygen atoms in total. The predicted molar refractivity (Wildman–Crippen MR) is 159 cm³/mol. The first-order valence-corrected chi connectivity index (χ1v) is 14.9. The van der Waals surface area contributed by atoms with Crippen LogP contribution in [0.25, 0.3) is 10.4 Å². The highest BCUT2D eigenvalue weighted by Crippen LogP contribution is 2.32. The van der Waals surface area contributed by atoms with E-state index in [9.17, 15) is 19.5 Å². The summed E-state index contributed by atoms with van der Waals surface area (Å²) in [6.45, 7) is 11.0. The molecular formula is C29H38N4O5S2. The van der Waals surface area contributed by atoms with E-state index in [4.69, 9.17) is 11.2 Å². The maximum atomic E-state index is 13.9. The zero-order valence-corrected chi connectivity index (χ0v) is 25.4. The molecule has 40 heavy (non-hydrogen) atoms. The topological polar surface area (TPSA) is 121 Å². The molecule has 3 N–H and O–H groups in total. The number of ether oxygens (including phenoxy) is 1. The second-order valence-corrected chi connectivity index (χ2v) is 13.7. The Bertz CT molecular complexity index is 1250. The molecule has 0 saturated carbocycles.